The summed E-state index contributed by atoms with van der Waals surface area (Å²) in [6.45, 7) is 2.74. The highest BCUT2D eigenvalue weighted by Crippen LogP contribution is 2.27. The predicted octanol–water partition coefficient (Wildman–Crippen LogP) is 5.61. The second-order valence-electron chi connectivity index (χ2n) is 10.2. The topological polar surface area (TPSA) is 76.0 Å². The smallest absolute Gasteiger partial charge is 0.255 e. The molecule has 1 aliphatic carbocycles. The fraction of sp³-hybridized carbons (Fsp3) is 0.387. The normalized spacial score (nSPS) is 17.3. The van der Waals surface area contributed by atoms with Crippen molar-refractivity contribution in [3.63, 3.8) is 0 Å². The van der Waals surface area contributed by atoms with Crippen molar-refractivity contribution in [1.29, 1.82) is 5.26 Å². The first-order valence-electron chi connectivity index (χ1n) is 13.4. The maximum atomic E-state index is 13.6. The van der Waals surface area contributed by atoms with Crippen molar-refractivity contribution in [2.24, 2.45) is 5.92 Å². The molecule has 0 spiro atoms. The van der Waals surface area contributed by atoms with Crippen LogP contribution in [0.2, 0.25) is 5.02 Å². The lowest BCUT2D eigenvalue weighted by Gasteiger charge is -2.39. The molecule has 2 heterocycles. The largest absolute Gasteiger partial charge is 0.347 e. The number of hydrogen-bond acceptors (Lipinski definition) is 4. The molecule has 7 heteroatoms. The maximum Gasteiger partial charge on any atom is 0.255 e. The van der Waals surface area contributed by atoms with Crippen molar-refractivity contribution in [2.75, 3.05) is 26.2 Å². The molecule has 3 aromatic rings. The average molecular weight is 526 g/mol. The van der Waals surface area contributed by atoms with E-state index in [0.717, 1.165) is 49.2 Å². The van der Waals surface area contributed by atoms with Gasteiger partial charge in [0.1, 0.15) is 0 Å². The van der Waals surface area contributed by atoms with Crippen LogP contribution in [0.15, 0.2) is 55.0 Å². The van der Waals surface area contributed by atoms with Crippen LogP contribution in [-0.2, 0) is 6.42 Å². The maximum absolute atomic E-state index is 13.6. The Morgan fingerprint density at radius 2 is 1.84 bits per heavy atom. The highest BCUT2D eigenvalue weighted by molar-refractivity contribution is 6.31. The number of benzene rings is 2. The van der Waals surface area contributed by atoms with E-state index in [4.69, 9.17) is 16.9 Å². The highest BCUT2D eigenvalue weighted by atomic mass is 35.5. The van der Waals surface area contributed by atoms with E-state index in [-0.39, 0.29) is 11.9 Å². The molecule has 1 atom stereocenters. The zero-order valence-electron chi connectivity index (χ0n) is 21.5. The monoisotopic (exact) mass is 525 g/mol. The van der Waals surface area contributed by atoms with Gasteiger partial charge in [-0.3, -0.25) is 9.69 Å². The number of nitriles is 1. The van der Waals surface area contributed by atoms with Gasteiger partial charge in [-0.25, -0.2) is 4.98 Å². The number of piperazine rings is 1. The van der Waals surface area contributed by atoms with Gasteiger partial charge >= 0.3 is 0 Å². The van der Waals surface area contributed by atoms with Gasteiger partial charge < -0.3 is 9.88 Å². The van der Waals surface area contributed by atoms with Crippen LogP contribution in [0.25, 0.3) is 0 Å². The predicted molar refractivity (Wildman–Crippen MR) is 149 cm³/mol. The third-order valence-corrected chi connectivity index (χ3v) is 7.90. The van der Waals surface area contributed by atoms with E-state index in [9.17, 15) is 4.79 Å². The van der Waals surface area contributed by atoms with Gasteiger partial charge in [0.25, 0.3) is 5.91 Å². The zero-order valence-corrected chi connectivity index (χ0v) is 22.3. The molecular weight excluding hydrogens is 494 g/mol. The Labute approximate surface area is 229 Å². The number of carbonyl (C=O) groups excluding carboxylic acids is 1. The summed E-state index contributed by atoms with van der Waals surface area (Å²) >= 11 is 6.31. The number of imidazole rings is 1. The van der Waals surface area contributed by atoms with E-state index in [2.05, 4.69) is 32.8 Å². The van der Waals surface area contributed by atoms with Crippen LogP contribution in [0.3, 0.4) is 0 Å². The number of aromatic amines is 1. The molecule has 1 N–H and O–H groups in total. The zero-order chi connectivity index (χ0) is 26.3. The minimum absolute atomic E-state index is 0.00900. The third kappa shape index (κ3) is 6.27. The molecule has 5 rings (SSSR count). The summed E-state index contributed by atoms with van der Waals surface area (Å²) in [6, 6.07) is 15.5. The summed E-state index contributed by atoms with van der Waals surface area (Å²) in [7, 11) is 0. The molecule has 1 amide bonds. The first-order valence-corrected chi connectivity index (χ1v) is 13.8. The number of H-pyrrole nitrogens is 1. The number of hydrogen-bond donors (Lipinski definition) is 1. The molecule has 1 saturated heterocycles. The number of aromatic nitrogens is 2. The van der Waals surface area contributed by atoms with E-state index in [1.54, 1.807) is 12.4 Å². The van der Waals surface area contributed by atoms with Crippen molar-refractivity contribution in [1.82, 2.24) is 19.8 Å². The molecule has 0 bridgehead atoms. The Morgan fingerprint density at radius 1 is 1.08 bits per heavy atom. The van der Waals surface area contributed by atoms with Crippen LogP contribution in [-0.4, -0.2) is 51.9 Å². The Hall–Kier alpha value is -3.58. The first kappa shape index (κ1) is 26.0. The molecule has 1 aliphatic heterocycles. The lowest BCUT2D eigenvalue weighted by atomic mass is 9.89. The van der Waals surface area contributed by atoms with E-state index >= 15 is 0 Å². The van der Waals surface area contributed by atoms with E-state index in [0.29, 0.717) is 35.2 Å². The Balaban J connectivity index is 1.28. The fourth-order valence-corrected chi connectivity index (χ4v) is 5.63. The molecule has 2 aromatic carbocycles. The molecule has 6 nitrogen and oxygen atoms in total. The van der Waals surface area contributed by atoms with Crippen molar-refractivity contribution >= 4 is 17.5 Å². The van der Waals surface area contributed by atoms with Crippen molar-refractivity contribution in [3.8, 4) is 17.9 Å². The van der Waals surface area contributed by atoms with Crippen molar-refractivity contribution in [2.45, 2.75) is 44.6 Å². The summed E-state index contributed by atoms with van der Waals surface area (Å²) in [5, 5.41) is 9.67. The molecular formula is C31H32ClN5O. The minimum atomic E-state index is -0.00900. The van der Waals surface area contributed by atoms with Crippen LogP contribution in [0.5, 0.6) is 0 Å². The summed E-state index contributed by atoms with van der Waals surface area (Å²) < 4.78 is 0. The van der Waals surface area contributed by atoms with Gasteiger partial charge in [-0.2, -0.15) is 5.26 Å². The first-order chi connectivity index (χ1) is 18.6. The molecule has 1 saturated carbocycles. The lowest BCUT2D eigenvalue weighted by Crippen LogP contribution is -2.50. The summed E-state index contributed by atoms with van der Waals surface area (Å²) in [5.41, 5.74) is 4.22. The Morgan fingerprint density at radius 3 is 2.53 bits per heavy atom. The molecule has 38 heavy (non-hydrogen) atoms. The molecule has 0 radical (unpaired) electrons. The van der Waals surface area contributed by atoms with E-state index < -0.39 is 0 Å². The van der Waals surface area contributed by atoms with Gasteiger partial charge in [-0.1, -0.05) is 54.8 Å². The van der Waals surface area contributed by atoms with Crippen molar-refractivity contribution < 1.29 is 4.79 Å². The van der Waals surface area contributed by atoms with Crippen LogP contribution in [0.1, 0.15) is 70.9 Å². The standard InChI is InChI=1S/C31H32ClN5O/c32-27-13-12-26(11-10-23-4-2-1-3-5-23)28(19-27)31(38)37-16-14-36(15-17-37)30(29-21-34-22-35-29)18-24-6-8-25(20-33)9-7-24/h6-9,12-13,19,21-23,30H,1-5,14-18H2,(H,34,35). The number of amides is 1. The molecule has 2 fully saturated rings. The SMILES string of the molecule is N#Cc1ccc(CC(c2cnc[nH]2)N2CCN(C(=O)c3cc(Cl)ccc3C#CC3CCCCC3)CC2)cc1. The minimum Gasteiger partial charge on any atom is -0.347 e. The quantitative estimate of drug-likeness (QED) is 0.439. The summed E-state index contributed by atoms with van der Waals surface area (Å²) in [6.07, 6.45) is 10.4. The number of rotatable bonds is 5. The van der Waals surface area contributed by atoms with Crippen LogP contribution in [0, 0.1) is 29.1 Å². The third-order valence-electron chi connectivity index (χ3n) is 7.66. The molecule has 2 aliphatic rings. The van der Waals surface area contributed by atoms with Gasteiger partial charge in [0.2, 0.25) is 0 Å². The second kappa shape index (κ2) is 12.3. The molecule has 1 unspecified atom stereocenters. The fourth-order valence-electron chi connectivity index (χ4n) is 5.46. The number of nitrogens with zero attached hydrogens (tertiary/aromatic N) is 4. The van der Waals surface area contributed by atoms with Gasteiger partial charge in [0, 0.05) is 48.9 Å². The second-order valence-corrected chi connectivity index (χ2v) is 10.6. The van der Waals surface area contributed by atoms with Gasteiger partial charge in [-0.15, -0.1) is 0 Å². The van der Waals surface area contributed by atoms with Gasteiger partial charge in [0.05, 0.1) is 35.3 Å². The lowest BCUT2D eigenvalue weighted by molar-refractivity contribution is 0.0562. The van der Waals surface area contributed by atoms with Crippen LogP contribution >= 0.6 is 11.6 Å². The van der Waals surface area contributed by atoms with Crippen molar-refractivity contribution in [3.05, 3.63) is 88.0 Å². The van der Waals surface area contributed by atoms with E-state index in [1.807, 2.05) is 47.5 Å². The van der Waals surface area contributed by atoms with Gasteiger partial charge in [-0.05, 0) is 55.2 Å². The summed E-state index contributed by atoms with van der Waals surface area (Å²) in [5.74, 6) is 7.15. The van der Waals surface area contributed by atoms with Crippen LogP contribution in [0.4, 0.5) is 0 Å². The number of nitrogens with one attached hydrogen (secondary N) is 1. The van der Waals surface area contributed by atoms with E-state index in [1.165, 1.54) is 19.3 Å². The van der Waals surface area contributed by atoms with Crippen LogP contribution < -0.4 is 0 Å². The molecule has 1 aromatic heterocycles. The number of halogens is 1. The van der Waals surface area contributed by atoms with Gasteiger partial charge in [0.15, 0.2) is 0 Å². The summed E-state index contributed by atoms with van der Waals surface area (Å²) in [4.78, 5) is 25.5. The highest BCUT2D eigenvalue weighted by Gasteiger charge is 2.29. The molecule has 194 valence electrons. The number of carbonyl (C=O) groups is 1. The Kier molecular flexibility index (Phi) is 8.44. The average Bonchev–Trinajstić information content (AvgIpc) is 3.51. The Bertz CT molecular complexity index is 1340.